The SMILES string of the molecule is N#Cc1cc(I)c(Br)cc1Cl. The molecule has 1 nitrogen and oxygen atoms in total. The molecule has 56 valence electrons. The summed E-state index contributed by atoms with van der Waals surface area (Å²) >= 11 is 11.2. The quantitative estimate of drug-likeness (QED) is 0.522. The van der Waals surface area contributed by atoms with Crippen molar-refractivity contribution >= 4 is 50.1 Å². The first-order valence-corrected chi connectivity index (χ1v) is 4.94. The number of nitrogens with zero attached hydrogens (tertiary/aromatic N) is 1. The van der Waals surface area contributed by atoms with E-state index in [1.807, 2.05) is 6.07 Å². The monoisotopic (exact) mass is 341 g/mol. The largest absolute Gasteiger partial charge is 0.192 e. The van der Waals surface area contributed by atoms with Gasteiger partial charge in [0.05, 0.1) is 10.6 Å². The highest BCUT2D eigenvalue weighted by molar-refractivity contribution is 14.1. The van der Waals surface area contributed by atoms with E-state index in [1.54, 1.807) is 12.1 Å². The fraction of sp³-hybridized carbons (Fsp3) is 0. The molecular formula is C7H2BrClIN. The molecule has 0 aliphatic heterocycles. The van der Waals surface area contributed by atoms with Crippen LogP contribution >= 0.6 is 50.1 Å². The van der Waals surface area contributed by atoms with Crippen molar-refractivity contribution in [3.05, 3.63) is 30.8 Å². The molecule has 0 saturated carbocycles. The van der Waals surface area contributed by atoms with E-state index in [9.17, 15) is 0 Å². The van der Waals surface area contributed by atoms with E-state index in [1.165, 1.54) is 0 Å². The Morgan fingerprint density at radius 3 is 2.73 bits per heavy atom. The Morgan fingerprint density at radius 1 is 1.55 bits per heavy atom. The first-order chi connectivity index (χ1) is 5.15. The van der Waals surface area contributed by atoms with Crippen LogP contribution in [0.25, 0.3) is 0 Å². The molecule has 1 rings (SSSR count). The van der Waals surface area contributed by atoms with Crippen molar-refractivity contribution < 1.29 is 0 Å². The van der Waals surface area contributed by atoms with Gasteiger partial charge >= 0.3 is 0 Å². The van der Waals surface area contributed by atoms with Gasteiger partial charge in [0, 0.05) is 8.04 Å². The van der Waals surface area contributed by atoms with Gasteiger partial charge in [0.15, 0.2) is 0 Å². The van der Waals surface area contributed by atoms with Crippen LogP contribution in [0.2, 0.25) is 5.02 Å². The third-order valence-electron chi connectivity index (χ3n) is 1.13. The predicted octanol–water partition coefficient (Wildman–Crippen LogP) is 3.58. The van der Waals surface area contributed by atoms with Gasteiger partial charge in [-0.3, -0.25) is 0 Å². The highest BCUT2D eigenvalue weighted by Crippen LogP contribution is 2.26. The fourth-order valence-corrected chi connectivity index (χ4v) is 1.76. The van der Waals surface area contributed by atoms with Crippen molar-refractivity contribution in [1.29, 1.82) is 5.26 Å². The Morgan fingerprint density at radius 2 is 2.18 bits per heavy atom. The standard InChI is InChI=1S/C7H2BrClIN/c8-5-2-6(9)4(3-11)1-7(5)10/h1-2H. The lowest BCUT2D eigenvalue weighted by molar-refractivity contribution is 1.46. The number of halogens is 3. The van der Waals surface area contributed by atoms with Crippen LogP contribution in [0.3, 0.4) is 0 Å². The van der Waals surface area contributed by atoms with E-state index < -0.39 is 0 Å². The summed E-state index contributed by atoms with van der Waals surface area (Å²) in [4.78, 5) is 0. The number of nitriles is 1. The van der Waals surface area contributed by atoms with E-state index >= 15 is 0 Å². The molecule has 0 fully saturated rings. The average Bonchev–Trinajstić information content (AvgIpc) is 1.97. The lowest BCUT2D eigenvalue weighted by Crippen LogP contribution is -1.80. The van der Waals surface area contributed by atoms with Gasteiger partial charge in [0.1, 0.15) is 6.07 Å². The zero-order valence-electron chi connectivity index (χ0n) is 5.24. The van der Waals surface area contributed by atoms with E-state index in [0.717, 1.165) is 8.04 Å². The second-order valence-corrected chi connectivity index (χ2v) is 4.28. The predicted molar refractivity (Wildman–Crippen MR) is 56.6 cm³/mol. The zero-order valence-corrected chi connectivity index (χ0v) is 9.74. The summed E-state index contributed by atoms with van der Waals surface area (Å²) in [7, 11) is 0. The summed E-state index contributed by atoms with van der Waals surface area (Å²) in [5.74, 6) is 0. The maximum atomic E-state index is 8.58. The molecule has 1 aromatic rings. The van der Waals surface area contributed by atoms with Gasteiger partial charge in [-0.1, -0.05) is 11.6 Å². The van der Waals surface area contributed by atoms with E-state index in [4.69, 9.17) is 16.9 Å². The highest BCUT2D eigenvalue weighted by atomic mass is 127. The van der Waals surface area contributed by atoms with Crippen LogP contribution in [0.5, 0.6) is 0 Å². The Labute approximate surface area is 91.6 Å². The van der Waals surface area contributed by atoms with Crippen LogP contribution in [-0.2, 0) is 0 Å². The van der Waals surface area contributed by atoms with E-state index in [2.05, 4.69) is 38.5 Å². The molecular weight excluding hydrogens is 340 g/mol. The molecule has 0 radical (unpaired) electrons. The van der Waals surface area contributed by atoms with E-state index in [-0.39, 0.29) is 0 Å². The molecule has 0 aliphatic carbocycles. The Hall–Kier alpha value is 0.210. The molecule has 0 saturated heterocycles. The van der Waals surface area contributed by atoms with Gasteiger partial charge < -0.3 is 0 Å². The van der Waals surface area contributed by atoms with Crippen LogP contribution in [0, 0.1) is 14.9 Å². The van der Waals surface area contributed by atoms with Crippen LogP contribution in [0.1, 0.15) is 5.56 Å². The van der Waals surface area contributed by atoms with E-state index in [0.29, 0.717) is 10.6 Å². The fourth-order valence-electron chi connectivity index (χ4n) is 0.608. The summed E-state index contributed by atoms with van der Waals surface area (Å²) < 4.78 is 1.91. The smallest absolute Gasteiger partial charge is 0.101 e. The molecule has 0 bridgehead atoms. The molecule has 4 heteroatoms. The minimum Gasteiger partial charge on any atom is -0.192 e. The summed E-state index contributed by atoms with van der Waals surface area (Å²) in [5.41, 5.74) is 0.513. The lowest BCUT2D eigenvalue weighted by Gasteiger charge is -1.97. The van der Waals surface area contributed by atoms with Crippen LogP contribution in [-0.4, -0.2) is 0 Å². The van der Waals surface area contributed by atoms with Crippen molar-refractivity contribution in [2.75, 3.05) is 0 Å². The van der Waals surface area contributed by atoms with Crippen molar-refractivity contribution in [3.63, 3.8) is 0 Å². The van der Waals surface area contributed by atoms with Crippen molar-refractivity contribution in [2.45, 2.75) is 0 Å². The van der Waals surface area contributed by atoms with Crippen molar-refractivity contribution in [3.8, 4) is 6.07 Å². The number of hydrogen-bond donors (Lipinski definition) is 0. The minimum atomic E-state index is 0.486. The lowest BCUT2D eigenvalue weighted by atomic mass is 10.2. The third kappa shape index (κ3) is 2.08. The Bertz CT molecular complexity index is 332. The maximum Gasteiger partial charge on any atom is 0.101 e. The molecule has 0 heterocycles. The summed E-state index contributed by atoms with van der Waals surface area (Å²) in [6, 6.07) is 5.47. The first-order valence-electron chi connectivity index (χ1n) is 2.70. The van der Waals surface area contributed by atoms with Gasteiger partial charge in [-0.15, -0.1) is 0 Å². The van der Waals surface area contributed by atoms with Gasteiger partial charge in [-0.2, -0.15) is 5.26 Å². The van der Waals surface area contributed by atoms with Crippen LogP contribution < -0.4 is 0 Å². The van der Waals surface area contributed by atoms with Crippen molar-refractivity contribution in [2.24, 2.45) is 0 Å². The number of rotatable bonds is 0. The normalized spacial score (nSPS) is 9.27. The second-order valence-electron chi connectivity index (χ2n) is 1.86. The molecule has 0 unspecified atom stereocenters. The highest BCUT2D eigenvalue weighted by Gasteiger charge is 2.03. The molecule has 0 N–H and O–H groups in total. The minimum absolute atomic E-state index is 0.486. The second kappa shape index (κ2) is 3.74. The third-order valence-corrected chi connectivity index (χ3v) is 3.73. The Balaban J connectivity index is 3.35. The first kappa shape index (κ1) is 9.30. The Kier molecular flexibility index (Phi) is 3.16. The number of hydrogen-bond acceptors (Lipinski definition) is 1. The topological polar surface area (TPSA) is 23.8 Å². The summed E-state index contributed by atoms with van der Waals surface area (Å²) in [6.07, 6.45) is 0. The van der Waals surface area contributed by atoms with Gasteiger partial charge in [0.2, 0.25) is 0 Å². The summed E-state index contributed by atoms with van der Waals surface area (Å²) in [6.45, 7) is 0. The molecule has 1 aromatic carbocycles. The molecule has 0 atom stereocenters. The number of benzene rings is 1. The van der Waals surface area contributed by atoms with Crippen LogP contribution in [0.4, 0.5) is 0 Å². The molecule has 0 aliphatic rings. The van der Waals surface area contributed by atoms with Gasteiger partial charge in [0.25, 0.3) is 0 Å². The molecule has 0 amide bonds. The van der Waals surface area contributed by atoms with Gasteiger partial charge in [-0.25, -0.2) is 0 Å². The van der Waals surface area contributed by atoms with Crippen molar-refractivity contribution in [1.82, 2.24) is 0 Å². The average molecular weight is 342 g/mol. The zero-order chi connectivity index (χ0) is 8.43. The maximum absolute atomic E-state index is 8.58. The molecule has 0 spiro atoms. The van der Waals surface area contributed by atoms with Crippen LogP contribution in [0.15, 0.2) is 16.6 Å². The summed E-state index contributed by atoms with van der Waals surface area (Å²) in [5, 5.41) is 9.07. The molecule has 11 heavy (non-hydrogen) atoms. The molecule has 0 aromatic heterocycles. The van der Waals surface area contributed by atoms with Gasteiger partial charge in [-0.05, 0) is 50.7 Å².